The molecule has 3 nitrogen and oxygen atoms in total. The van der Waals surface area contributed by atoms with Gasteiger partial charge in [0, 0.05) is 19.4 Å². The smallest absolute Gasteiger partial charge is 0.266 e. The summed E-state index contributed by atoms with van der Waals surface area (Å²) in [6.07, 6.45) is 1.55. The fourth-order valence-corrected chi connectivity index (χ4v) is 4.68. The summed E-state index contributed by atoms with van der Waals surface area (Å²) in [5.74, 6) is -0.332. The molecule has 3 aromatic rings. The first kappa shape index (κ1) is 16.0. The standard InChI is InChI=1S/C14H7BrCl2N2OS2/c15-7-1-3-9-10(5-7)22-13(12(9)17)14(20)19-18-6-8-2-4-11(16)21-8/h1-6H,(H,19,20). The molecule has 22 heavy (non-hydrogen) atoms. The number of thiophene rings is 2. The van der Waals surface area contributed by atoms with E-state index in [9.17, 15) is 4.79 Å². The van der Waals surface area contributed by atoms with Crippen LogP contribution in [0.4, 0.5) is 0 Å². The van der Waals surface area contributed by atoms with E-state index in [1.165, 1.54) is 22.7 Å². The molecule has 0 aliphatic carbocycles. The fourth-order valence-electron chi connectivity index (χ4n) is 1.79. The Morgan fingerprint density at radius 1 is 1.23 bits per heavy atom. The molecule has 1 aromatic carbocycles. The number of hydrogen-bond donors (Lipinski definition) is 1. The van der Waals surface area contributed by atoms with E-state index in [1.54, 1.807) is 12.3 Å². The van der Waals surface area contributed by atoms with Crippen LogP contribution in [0.1, 0.15) is 14.5 Å². The predicted molar refractivity (Wildman–Crippen MR) is 98.9 cm³/mol. The van der Waals surface area contributed by atoms with Crippen LogP contribution in [0.5, 0.6) is 0 Å². The lowest BCUT2D eigenvalue weighted by molar-refractivity contribution is 0.0959. The molecular formula is C14H7BrCl2N2OS2. The molecule has 0 aliphatic rings. The third-order valence-corrected chi connectivity index (χ3v) is 6.06. The van der Waals surface area contributed by atoms with E-state index < -0.39 is 0 Å². The van der Waals surface area contributed by atoms with Crippen molar-refractivity contribution in [2.75, 3.05) is 0 Å². The van der Waals surface area contributed by atoms with Gasteiger partial charge in [-0.15, -0.1) is 22.7 Å². The van der Waals surface area contributed by atoms with E-state index in [0.717, 1.165) is 19.4 Å². The summed E-state index contributed by atoms with van der Waals surface area (Å²) in [4.78, 5) is 13.5. The van der Waals surface area contributed by atoms with Crippen LogP contribution in [-0.4, -0.2) is 12.1 Å². The maximum Gasteiger partial charge on any atom is 0.283 e. The molecule has 0 spiro atoms. The van der Waals surface area contributed by atoms with Crippen LogP contribution in [0.15, 0.2) is 39.9 Å². The molecule has 2 heterocycles. The Hall–Kier alpha value is -0.920. The number of nitrogens with one attached hydrogen (secondary N) is 1. The number of hydrogen-bond acceptors (Lipinski definition) is 4. The predicted octanol–water partition coefficient (Wildman–Crippen LogP) is 5.80. The number of fused-ring (bicyclic) bond motifs is 1. The van der Waals surface area contributed by atoms with Crippen molar-refractivity contribution in [2.45, 2.75) is 0 Å². The highest BCUT2D eigenvalue weighted by molar-refractivity contribution is 9.10. The zero-order valence-corrected chi connectivity index (χ0v) is 15.5. The molecule has 0 bridgehead atoms. The zero-order valence-electron chi connectivity index (χ0n) is 10.8. The second-order valence-corrected chi connectivity index (χ2v) is 8.32. The van der Waals surface area contributed by atoms with Crippen LogP contribution in [0.2, 0.25) is 9.36 Å². The fraction of sp³-hybridized carbons (Fsp3) is 0. The summed E-state index contributed by atoms with van der Waals surface area (Å²) in [5, 5.41) is 5.23. The number of rotatable bonds is 3. The number of carbonyl (C=O) groups excluding carboxylic acids is 1. The number of halogens is 3. The lowest BCUT2D eigenvalue weighted by Crippen LogP contribution is -2.16. The van der Waals surface area contributed by atoms with Crippen LogP contribution >= 0.6 is 61.8 Å². The third kappa shape index (κ3) is 3.36. The number of amides is 1. The first-order valence-electron chi connectivity index (χ1n) is 6.01. The first-order valence-corrected chi connectivity index (χ1v) is 9.19. The Labute approximate surface area is 152 Å². The van der Waals surface area contributed by atoms with E-state index in [0.29, 0.717) is 14.2 Å². The lowest BCUT2D eigenvalue weighted by atomic mass is 10.2. The Morgan fingerprint density at radius 2 is 2.05 bits per heavy atom. The van der Waals surface area contributed by atoms with Gasteiger partial charge in [-0.05, 0) is 24.3 Å². The molecule has 2 aromatic heterocycles. The van der Waals surface area contributed by atoms with Crippen LogP contribution in [0.3, 0.4) is 0 Å². The topological polar surface area (TPSA) is 41.5 Å². The number of carbonyl (C=O) groups is 1. The van der Waals surface area contributed by atoms with Gasteiger partial charge in [-0.1, -0.05) is 45.2 Å². The lowest BCUT2D eigenvalue weighted by Gasteiger charge is -1.96. The van der Waals surface area contributed by atoms with Crippen molar-refractivity contribution >= 4 is 84.0 Å². The van der Waals surface area contributed by atoms with Gasteiger partial charge in [-0.25, -0.2) is 5.43 Å². The Balaban J connectivity index is 1.80. The molecule has 3 rings (SSSR count). The highest BCUT2D eigenvalue weighted by atomic mass is 79.9. The molecule has 0 fully saturated rings. The normalized spacial score (nSPS) is 11.4. The Morgan fingerprint density at radius 3 is 2.77 bits per heavy atom. The second kappa shape index (κ2) is 6.68. The quantitative estimate of drug-likeness (QED) is 0.411. The summed E-state index contributed by atoms with van der Waals surface area (Å²) >= 11 is 18.2. The summed E-state index contributed by atoms with van der Waals surface area (Å²) in [7, 11) is 0. The van der Waals surface area contributed by atoms with Gasteiger partial charge in [0.25, 0.3) is 5.91 Å². The van der Waals surface area contributed by atoms with Gasteiger partial charge in [0.05, 0.1) is 15.6 Å². The molecule has 0 radical (unpaired) electrons. The molecule has 0 saturated carbocycles. The molecule has 1 amide bonds. The van der Waals surface area contributed by atoms with Crippen LogP contribution in [0.25, 0.3) is 10.1 Å². The minimum absolute atomic E-state index is 0.332. The van der Waals surface area contributed by atoms with E-state index in [4.69, 9.17) is 23.2 Å². The molecule has 8 heteroatoms. The monoisotopic (exact) mass is 432 g/mol. The van der Waals surface area contributed by atoms with Gasteiger partial charge in [-0.3, -0.25) is 4.79 Å². The van der Waals surface area contributed by atoms with E-state index in [2.05, 4.69) is 26.5 Å². The molecule has 0 unspecified atom stereocenters. The number of benzene rings is 1. The van der Waals surface area contributed by atoms with Gasteiger partial charge in [0.2, 0.25) is 0 Å². The van der Waals surface area contributed by atoms with Gasteiger partial charge in [0.1, 0.15) is 4.88 Å². The molecule has 1 N–H and O–H groups in total. The van der Waals surface area contributed by atoms with Crippen molar-refractivity contribution in [3.05, 3.63) is 53.9 Å². The minimum atomic E-state index is -0.332. The molecule has 0 atom stereocenters. The summed E-state index contributed by atoms with van der Waals surface area (Å²) in [5.41, 5.74) is 2.48. The largest absolute Gasteiger partial charge is 0.283 e. The van der Waals surface area contributed by atoms with Crippen molar-refractivity contribution in [3.8, 4) is 0 Å². The molecular weight excluding hydrogens is 427 g/mol. The van der Waals surface area contributed by atoms with Gasteiger partial charge < -0.3 is 0 Å². The van der Waals surface area contributed by atoms with Crippen molar-refractivity contribution in [1.82, 2.24) is 5.43 Å². The third-order valence-electron chi connectivity index (χ3n) is 2.75. The highest BCUT2D eigenvalue weighted by Gasteiger charge is 2.16. The maximum absolute atomic E-state index is 12.2. The van der Waals surface area contributed by atoms with E-state index >= 15 is 0 Å². The highest BCUT2D eigenvalue weighted by Crippen LogP contribution is 2.36. The summed E-state index contributed by atoms with van der Waals surface area (Å²) in [6, 6.07) is 9.30. The summed E-state index contributed by atoms with van der Waals surface area (Å²) < 4.78 is 2.56. The van der Waals surface area contributed by atoms with Crippen LogP contribution in [0, 0.1) is 0 Å². The van der Waals surface area contributed by atoms with Crippen molar-refractivity contribution in [3.63, 3.8) is 0 Å². The maximum atomic E-state index is 12.2. The van der Waals surface area contributed by atoms with Crippen molar-refractivity contribution in [1.29, 1.82) is 0 Å². The number of hydrazone groups is 1. The minimum Gasteiger partial charge on any atom is -0.266 e. The van der Waals surface area contributed by atoms with Gasteiger partial charge in [-0.2, -0.15) is 5.10 Å². The van der Waals surface area contributed by atoms with Gasteiger partial charge >= 0.3 is 0 Å². The molecule has 0 aliphatic heterocycles. The Bertz CT molecular complexity index is 888. The van der Waals surface area contributed by atoms with Crippen LogP contribution < -0.4 is 5.43 Å². The van der Waals surface area contributed by atoms with Crippen LogP contribution in [-0.2, 0) is 0 Å². The second-order valence-electron chi connectivity index (χ2n) is 4.23. The average Bonchev–Trinajstić information content (AvgIpc) is 3.03. The molecule has 112 valence electrons. The average molecular weight is 434 g/mol. The first-order chi connectivity index (χ1) is 10.5. The molecule has 0 saturated heterocycles. The van der Waals surface area contributed by atoms with E-state index in [-0.39, 0.29) is 5.91 Å². The SMILES string of the molecule is O=C(NN=Cc1ccc(Cl)s1)c1sc2cc(Br)ccc2c1Cl. The number of nitrogens with zero attached hydrogens (tertiary/aromatic N) is 1. The zero-order chi connectivity index (χ0) is 15.7. The van der Waals surface area contributed by atoms with E-state index in [1.807, 2.05) is 24.3 Å². The van der Waals surface area contributed by atoms with Gasteiger partial charge in [0.15, 0.2) is 0 Å². The van der Waals surface area contributed by atoms with Crippen molar-refractivity contribution < 1.29 is 4.79 Å². The van der Waals surface area contributed by atoms with Crippen molar-refractivity contribution in [2.24, 2.45) is 5.10 Å². The Kier molecular flexibility index (Phi) is 4.84. The summed E-state index contributed by atoms with van der Waals surface area (Å²) in [6.45, 7) is 0.